The Labute approximate surface area is 109 Å². The van der Waals surface area contributed by atoms with Crippen LogP contribution in [0, 0.1) is 5.92 Å². The molecule has 0 unspecified atom stereocenters. The number of urea groups is 1. The molecule has 6 nitrogen and oxygen atoms in total. The zero-order valence-corrected chi connectivity index (χ0v) is 11.0. The Morgan fingerprint density at radius 3 is 2.61 bits per heavy atom. The van der Waals surface area contributed by atoms with Gasteiger partial charge < -0.3 is 15.5 Å². The highest BCUT2D eigenvalue weighted by Crippen LogP contribution is 2.22. The van der Waals surface area contributed by atoms with E-state index in [4.69, 9.17) is 10.2 Å². The molecule has 1 aromatic rings. The number of amides is 2. The molecule has 0 bridgehead atoms. The Morgan fingerprint density at radius 1 is 1.44 bits per heavy atom. The fourth-order valence-electron chi connectivity index (χ4n) is 1.31. The molecule has 1 rings (SSSR count). The molecule has 4 N–H and O–H groups in total. The summed E-state index contributed by atoms with van der Waals surface area (Å²) in [5.41, 5.74) is 0.0558. The van der Waals surface area contributed by atoms with Crippen molar-refractivity contribution in [3.63, 3.8) is 0 Å². The number of aromatic carboxylic acids is 1. The van der Waals surface area contributed by atoms with Gasteiger partial charge in [0.1, 0.15) is 5.00 Å². The molecule has 0 aliphatic heterocycles. The summed E-state index contributed by atoms with van der Waals surface area (Å²) >= 11 is 1.13. The second-order valence-electron chi connectivity index (χ2n) is 4.10. The van der Waals surface area contributed by atoms with E-state index in [2.05, 4.69) is 10.6 Å². The summed E-state index contributed by atoms with van der Waals surface area (Å²) < 4.78 is 0. The summed E-state index contributed by atoms with van der Waals surface area (Å²) in [5, 5.41) is 24.9. The Morgan fingerprint density at radius 2 is 2.11 bits per heavy atom. The molecule has 1 atom stereocenters. The number of carbonyl (C=O) groups excluding carboxylic acids is 1. The first-order chi connectivity index (χ1) is 8.45. The number of carbonyl (C=O) groups is 2. The van der Waals surface area contributed by atoms with Crippen LogP contribution in [-0.2, 0) is 0 Å². The van der Waals surface area contributed by atoms with Crippen LogP contribution in [-0.4, -0.2) is 34.9 Å². The maximum Gasteiger partial charge on any atom is 0.338 e. The number of carboxylic acids is 1. The van der Waals surface area contributed by atoms with Gasteiger partial charge in [-0.2, -0.15) is 0 Å². The lowest BCUT2D eigenvalue weighted by molar-refractivity contribution is 0.0698. The number of aliphatic hydroxyl groups is 1. The van der Waals surface area contributed by atoms with Crippen molar-refractivity contribution < 1.29 is 19.8 Å². The molecular formula is C11H16N2O4S. The number of hydrogen-bond donors (Lipinski definition) is 4. The molecule has 100 valence electrons. The zero-order chi connectivity index (χ0) is 13.7. The minimum atomic E-state index is -1.09. The molecule has 1 aromatic heterocycles. The highest BCUT2D eigenvalue weighted by atomic mass is 32.1. The lowest BCUT2D eigenvalue weighted by Gasteiger charge is -2.19. The van der Waals surface area contributed by atoms with Gasteiger partial charge in [-0.3, -0.25) is 5.32 Å². The first-order valence-corrected chi connectivity index (χ1v) is 6.32. The van der Waals surface area contributed by atoms with E-state index in [1.54, 1.807) is 5.38 Å². The minimum Gasteiger partial charge on any atom is -0.478 e. The van der Waals surface area contributed by atoms with Crippen molar-refractivity contribution in [2.75, 3.05) is 11.9 Å². The van der Waals surface area contributed by atoms with E-state index in [0.717, 1.165) is 11.3 Å². The van der Waals surface area contributed by atoms with Gasteiger partial charge in [0.2, 0.25) is 0 Å². The number of aliphatic hydroxyl groups excluding tert-OH is 1. The van der Waals surface area contributed by atoms with Gasteiger partial charge in [0.25, 0.3) is 0 Å². The molecule has 0 saturated carbocycles. The number of thiophene rings is 1. The third-order valence-electron chi connectivity index (χ3n) is 2.44. The lowest BCUT2D eigenvalue weighted by atomic mass is 10.1. The van der Waals surface area contributed by atoms with Crippen LogP contribution in [0.25, 0.3) is 0 Å². The van der Waals surface area contributed by atoms with Crippen LogP contribution in [0.15, 0.2) is 11.4 Å². The third-order valence-corrected chi connectivity index (χ3v) is 3.27. The predicted octanol–water partition coefficient (Wildman–Crippen LogP) is 1.58. The summed E-state index contributed by atoms with van der Waals surface area (Å²) in [4.78, 5) is 22.5. The number of rotatable bonds is 5. The summed E-state index contributed by atoms with van der Waals surface area (Å²) in [7, 11) is 0. The number of carboxylic acid groups (broad SMARTS) is 1. The van der Waals surface area contributed by atoms with Crippen LogP contribution in [0.4, 0.5) is 9.80 Å². The van der Waals surface area contributed by atoms with Crippen molar-refractivity contribution in [2.24, 2.45) is 5.92 Å². The van der Waals surface area contributed by atoms with E-state index in [0.29, 0.717) is 0 Å². The zero-order valence-electron chi connectivity index (χ0n) is 10.1. The average molecular weight is 272 g/mol. The molecule has 0 radical (unpaired) electrons. The number of hydrogen-bond acceptors (Lipinski definition) is 4. The van der Waals surface area contributed by atoms with E-state index in [1.165, 1.54) is 6.07 Å². The van der Waals surface area contributed by atoms with E-state index in [1.807, 2.05) is 13.8 Å². The van der Waals surface area contributed by atoms with Crippen molar-refractivity contribution in [1.82, 2.24) is 5.32 Å². The Hall–Kier alpha value is -1.60. The van der Waals surface area contributed by atoms with Gasteiger partial charge in [-0.1, -0.05) is 13.8 Å². The third kappa shape index (κ3) is 3.71. The summed E-state index contributed by atoms with van der Waals surface area (Å²) in [6.45, 7) is 3.57. The second kappa shape index (κ2) is 6.36. The monoisotopic (exact) mass is 272 g/mol. The van der Waals surface area contributed by atoms with Crippen molar-refractivity contribution in [3.05, 3.63) is 17.0 Å². The fraction of sp³-hybridized carbons (Fsp3) is 0.455. The minimum absolute atomic E-state index is 0.0558. The van der Waals surface area contributed by atoms with Crippen molar-refractivity contribution in [3.8, 4) is 0 Å². The van der Waals surface area contributed by atoms with Crippen LogP contribution >= 0.6 is 11.3 Å². The molecule has 1 heterocycles. The molecule has 0 aromatic carbocycles. The molecular weight excluding hydrogens is 256 g/mol. The van der Waals surface area contributed by atoms with Gasteiger partial charge in [-0.05, 0) is 17.4 Å². The van der Waals surface area contributed by atoms with Gasteiger partial charge in [0.15, 0.2) is 0 Å². The highest BCUT2D eigenvalue weighted by molar-refractivity contribution is 7.14. The van der Waals surface area contributed by atoms with E-state index >= 15 is 0 Å². The topological polar surface area (TPSA) is 98.7 Å². The molecule has 0 aliphatic carbocycles. The quantitative estimate of drug-likeness (QED) is 0.654. The van der Waals surface area contributed by atoms with Crippen molar-refractivity contribution >= 4 is 28.3 Å². The maximum absolute atomic E-state index is 11.6. The standard InChI is InChI=1S/C11H16N2O4S/c1-6(2)8(5-14)12-11(17)13-9-7(10(15)16)3-4-18-9/h3-4,6,8,14H,5H2,1-2H3,(H,15,16)(H2,12,13,17)/t8-/m1/s1. The molecule has 18 heavy (non-hydrogen) atoms. The maximum atomic E-state index is 11.6. The average Bonchev–Trinajstić information content (AvgIpc) is 2.73. The van der Waals surface area contributed by atoms with Gasteiger partial charge >= 0.3 is 12.0 Å². The Balaban J connectivity index is 2.64. The Kier molecular flexibility index (Phi) is 5.11. The summed E-state index contributed by atoms with van der Waals surface area (Å²) in [6.07, 6.45) is 0. The van der Waals surface area contributed by atoms with E-state index in [9.17, 15) is 9.59 Å². The first-order valence-electron chi connectivity index (χ1n) is 5.44. The smallest absolute Gasteiger partial charge is 0.338 e. The molecule has 0 saturated heterocycles. The normalized spacial score (nSPS) is 12.2. The van der Waals surface area contributed by atoms with E-state index < -0.39 is 12.0 Å². The molecule has 7 heteroatoms. The van der Waals surface area contributed by atoms with Gasteiger partial charge in [0.05, 0.1) is 18.2 Å². The van der Waals surface area contributed by atoms with Gasteiger partial charge in [0, 0.05) is 0 Å². The van der Waals surface area contributed by atoms with Crippen LogP contribution in [0.5, 0.6) is 0 Å². The van der Waals surface area contributed by atoms with Crippen LogP contribution in [0.1, 0.15) is 24.2 Å². The van der Waals surface area contributed by atoms with Gasteiger partial charge in [-0.15, -0.1) is 11.3 Å². The first kappa shape index (κ1) is 14.5. The summed E-state index contributed by atoms with van der Waals surface area (Å²) in [6, 6.07) is 0.542. The van der Waals surface area contributed by atoms with Crippen molar-refractivity contribution in [2.45, 2.75) is 19.9 Å². The summed E-state index contributed by atoms with van der Waals surface area (Å²) in [5.74, 6) is -1.00. The molecule has 0 spiro atoms. The molecule has 0 fully saturated rings. The van der Waals surface area contributed by atoms with Crippen LogP contribution < -0.4 is 10.6 Å². The molecule has 2 amide bonds. The second-order valence-corrected chi connectivity index (χ2v) is 5.02. The van der Waals surface area contributed by atoms with Crippen molar-refractivity contribution in [1.29, 1.82) is 0 Å². The van der Waals surface area contributed by atoms with Gasteiger partial charge in [-0.25, -0.2) is 9.59 Å². The number of nitrogens with one attached hydrogen (secondary N) is 2. The van der Waals surface area contributed by atoms with Crippen LogP contribution in [0.3, 0.4) is 0 Å². The highest BCUT2D eigenvalue weighted by Gasteiger charge is 2.17. The number of anilines is 1. The van der Waals surface area contributed by atoms with E-state index in [-0.39, 0.29) is 29.1 Å². The largest absolute Gasteiger partial charge is 0.478 e. The Bertz CT molecular complexity index is 430. The fourth-order valence-corrected chi connectivity index (χ4v) is 2.08. The molecule has 0 aliphatic rings. The lowest BCUT2D eigenvalue weighted by Crippen LogP contribution is -2.43. The SMILES string of the molecule is CC(C)[C@@H](CO)NC(=O)Nc1sccc1C(=O)O. The van der Waals surface area contributed by atoms with Crippen LogP contribution in [0.2, 0.25) is 0 Å². The predicted molar refractivity (Wildman–Crippen MR) is 69.1 cm³/mol.